The van der Waals surface area contributed by atoms with Crippen LogP contribution in [0.3, 0.4) is 0 Å². The number of aryl methyl sites for hydroxylation is 1. The quantitative estimate of drug-likeness (QED) is 0.828. The van der Waals surface area contributed by atoms with E-state index in [1.165, 1.54) is 10.9 Å². The third-order valence-electron chi connectivity index (χ3n) is 3.22. The largest absolute Gasteiger partial charge is 0.493 e. The van der Waals surface area contributed by atoms with Crippen molar-refractivity contribution in [2.45, 2.75) is 32.2 Å². The van der Waals surface area contributed by atoms with Crippen molar-refractivity contribution in [1.82, 2.24) is 10.2 Å². The highest BCUT2D eigenvalue weighted by Gasteiger charge is 2.18. The molecule has 0 saturated carbocycles. The molecule has 3 N–H and O–H groups in total. The lowest BCUT2D eigenvalue weighted by Gasteiger charge is -2.18. The van der Waals surface area contributed by atoms with Gasteiger partial charge in [-0.3, -0.25) is 5.10 Å². The molecule has 4 nitrogen and oxygen atoms in total. The summed E-state index contributed by atoms with van der Waals surface area (Å²) in [7, 11) is 0. The van der Waals surface area contributed by atoms with Gasteiger partial charge in [0, 0.05) is 29.1 Å². The van der Waals surface area contributed by atoms with E-state index in [9.17, 15) is 0 Å². The second-order valence-electron chi connectivity index (χ2n) is 4.77. The Hall–Kier alpha value is -1.55. The van der Waals surface area contributed by atoms with Gasteiger partial charge in [-0.1, -0.05) is 0 Å². The predicted molar refractivity (Wildman–Crippen MR) is 67.3 cm³/mol. The number of fused-ring (bicyclic) bond motifs is 3. The Labute approximate surface area is 100 Å². The topological polar surface area (TPSA) is 63.9 Å². The van der Waals surface area contributed by atoms with Gasteiger partial charge in [-0.05, 0) is 31.9 Å². The summed E-state index contributed by atoms with van der Waals surface area (Å²) in [5.74, 6) is 1.01. The monoisotopic (exact) mass is 231 g/mol. The van der Waals surface area contributed by atoms with Gasteiger partial charge in [0.15, 0.2) is 0 Å². The Morgan fingerprint density at radius 2 is 2.41 bits per heavy atom. The van der Waals surface area contributed by atoms with Crippen LogP contribution in [0.15, 0.2) is 12.1 Å². The highest BCUT2D eigenvalue weighted by molar-refractivity contribution is 5.87. The molecular formula is C13H17N3O. The summed E-state index contributed by atoms with van der Waals surface area (Å²) in [6, 6.07) is 4.17. The van der Waals surface area contributed by atoms with Gasteiger partial charge in [0.05, 0.1) is 12.1 Å². The number of hydrogen-bond acceptors (Lipinski definition) is 3. The standard InChI is InChI=1S/C13H17N3O/c1-8(14)7-11-13-9-3-2-6-17-12(9)5-4-10(13)15-16-11/h4-5,8H,2-3,6-7,14H2,1H3,(H,15,16)/t8-/m0/s1. The Kier molecular flexibility index (Phi) is 2.52. The first-order valence-electron chi connectivity index (χ1n) is 6.13. The molecule has 2 heterocycles. The SMILES string of the molecule is C[C@H](N)Cc1[nH]nc2ccc3c(c12)CCCO3. The lowest BCUT2D eigenvalue weighted by atomic mass is 9.98. The summed E-state index contributed by atoms with van der Waals surface area (Å²) in [5.41, 5.74) is 9.32. The summed E-state index contributed by atoms with van der Waals surface area (Å²) < 4.78 is 5.69. The molecule has 1 aromatic carbocycles. The van der Waals surface area contributed by atoms with Crippen LogP contribution < -0.4 is 10.5 Å². The van der Waals surface area contributed by atoms with E-state index in [0.717, 1.165) is 42.8 Å². The average Bonchev–Trinajstić information content (AvgIpc) is 2.72. The zero-order chi connectivity index (χ0) is 11.8. The van der Waals surface area contributed by atoms with Crippen LogP contribution in [-0.2, 0) is 12.8 Å². The van der Waals surface area contributed by atoms with Gasteiger partial charge in [0.2, 0.25) is 0 Å². The van der Waals surface area contributed by atoms with Crippen molar-refractivity contribution in [2.75, 3.05) is 6.61 Å². The second-order valence-corrected chi connectivity index (χ2v) is 4.77. The highest BCUT2D eigenvalue weighted by Crippen LogP contribution is 2.33. The Balaban J connectivity index is 2.17. The molecule has 4 heteroatoms. The number of rotatable bonds is 2. The van der Waals surface area contributed by atoms with Gasteiger partial charge in [-0.25, -0.2) is 0 Å². The summed E-state index contributed by atoms with van der Waals surface area (Å²) in [5, 5.41) is 8.68. The van der Waals surface area contributed by atoms with E-state index < -0.39 is 0 Å². The molecule has 3 rings (SSSR count). The number of hydrogen-bond donors (Lipinski definition) is 2. The predicted octanol–water partition coefficient (Wildman–Crippen LogP) is 1.78. The lowest BCUT2D eigenvalue weighted by Crippen LogP contribution is -2.18. The van der Waals surface area contributed by atoms with Crippen molar-refractivity contribution in [3.05, 3.63) is 23.4 Å². The van der Waals surface area contributed by atoms with Crippen LogP contribution in [-0.4, -0.2) is 22.8 Å². The third-order valence-corrected chi connectivity index (χ3v) is 3.22. The van der Waals surface area contributed by atoms with Crippen LogP contribution >= 0.6 is 0 Å². The maximum Gasteiger partial charge on any atom is 0.123 e. The number of nitrogens with zero attached hydrogens (tertiary/aromatic N) is 1. The number of nitrogens with one attached hydrogen (secondary N) is 1. The van der Waals surface area contributed by atoms with Crippen LogP contribution in [0.4, 0.5) is 0 Å². The summed E-state index contributed by atoms with van der Waals surface area (Å²) >= 11 is 0. The summed E-state index contributed by atoms with van der Waals surface area (Å²) in [6.07, 6.45) is 2.97. The Morgan fingerprint density at radius 1 is 1.53 bits per heavy atom. The molecule has 1 aromatic heterocycles. The fourth-order valence-electron chi connectivity index (χ4n) is 2.51. The van der Waals surface area contributed by atoms with Gasteiger partial charge in [-0.15, -0.1) is 0 Å². The van der Waals surface area contributed by atoms with Crippen LogP contribution in [0.25, 0.3) is 10.9 Å². The van der Waals surface area contributed by atoms with E-state index in [1.54, 1.807) is 0 Å². The number of benzene rings is 1. The zero-order valence-electron chi connectivity index (χ0n) is 9.99. The normalized spacial score (nSPS) is 16.6. The van der Waals surface area contributed by atoms with Crippen molar-refractivity contribution in [1.29, 1.82) is 0 Å². The number of aromatic nitrogens is 2. The van der Waals surface area contributed by atoms with Crippen molar-refractivity contribution >= 4 is 10.9 Å². The third kappa shape index (κ3) is 1.78. The van der Waals surface area contributed by atoms with Crippen LogP contribution in [0.5, 0.6) is 5.75 Å². The Bertz CT molecular complexity index is 545. The molecule has 0 saturated heterocycles. The van der Waals surface area contributed by atoms with Crippen molar-refractivity contribution in [3.8, 4) is 5.75 Å². The zero-order valence-corrected chi connectivity index (χ0v) is 9.99. The van der Waals surface area contributed by atoms with E-state index >= 15 is 0 Å². The van der Waals surface area contributed by atoms with Crippen LogP contribution in [0.1, 0.15) is 24.6 Å². The number of ether oxygens (including phenoxy) is 1. The minimum atomic E-state index is 0.138. The molecule has 1 atom stereocenters. The number of nitrogens with two attached hydrogens (primary N) is 1. The van der Waals surface area contributed by atoms with E-state index in [-0.39, 0.29) is 6.04 Å². The first-order valence-corrected chi connectivity index (χ1v) is 6.13. The molecule has 0 fully saturated rings. The molecular weight excluding hydrogens is 214 g/mol. The molecule has 0 spiro atoms. The summed E-state index contributed by atoms with van der Waals surface area (Å²) in [6.45, 7) is 2.83. The van der Waals surface area contributed by atoms with Gasteiger partial charge in [-0.2, -0.15) is 5.10 Å². The molecule has 2 aromatic rings. The van der Waals surface area contributed by atoms with Crippen molar-refractivity contribution in [3.63, 3.8) is 0 Å². The maximum atomic E-state index is 5.87. The van der Waals surface area contributed by atoms with Crippen LogP contribution in [0.2, 0.25) is 0 Å². The summed E-state index contributed by atoms with van der Waals surface area (Å²) in [4.78, 5) is 0. The van der Waals surface area contributed by atoms with E-state index in [4.69, 9.17) is 10.5 Å². The number of aromatic amines is 1. The van der Waals surface area contributed by atoms with Gasteiger partial charge < -0.3 is 10.5 Å². The molecule has 0 radical (unpaired) electrons. The molecule has 17 heavy (non-hydrogen) atoms. The first-order chi connectivity index (χ1) is 8.25. The van der Waals surface area contributed by atoms with Gasteiger partial charge in [0.25, 0.3) is 0 Å². The van der Waals surface area contributed by atoms with E-state index in [0.29, 0.717) is 0 Å². The maximum absolute atomic E-state index is 5.87. The van der Waals surface area contributed by atoms with Crippen molar-refractivity contribution < 1.29 is 4.74 Å². The molecule has 90 valence electrons. The molecule has 1 aliphatic rings. The minimum Gasteiger partial charge on any atom is -0.493 e. The Morgan fingerprint density at radius 3 is 3.24 bits per heavy atom. The molecule has 1 aliphatic heterocycles. The van der Waals surface area contributed by atoms with Crippen LogP contribution in [0, 0.1) is 0 Å². The number of H-pyrrole nitrogens is 1. The van der Waals surface area contributed by atoms with Gasteiger partial charge >= 0.3 is 0 Å². The second kappa shape index (κ2) is 4.04. The van der Waals surface area contributed by atoms with E-state index in [1.807, 2.05) is 19.1 Å². The fourth-order valence-corrected chi connectivity index (χ4v) is 2.51. The molecule has 0 unspecified atom stereocenters. The lowest BCUT2D eigenvalue weighted by molar-refractivity contribution is 0.289. The molecule has 0 bridgehead atoms. The molecule has 0 amide bonds. The smallest absolute Gasteiger partial charge is 0.123 e. The van der Waals surface area contributed by atoms with E-state index in [2.05, 4.69) is 10.2 Å². The minimum absolute atomic E-state index is 0.138. The van der Waals surface area contributed by atoms with Gasteiger partial charge in [0.1, 0.15) is 5.75 Å². The van der Waals surface area contributed by atoms with Crippen molar-refractivity contribution in [2.24, 2.45) is 5.73 Å². The highest BCUT2D eigenvalue weighted by atomic mass is 16.5. The molecule has 0 aliphatic carbocycles. The first kappa shape index (κ1) is 10.6. The average molecular weight is 231 g/mol. The fraction of sp³-hybridized carbons (Fsp3) is 0.462.